The molecule has 0 N–H and O–H groups in total. The van der Waals surface area contributed by atoms with Gasteiger partial charge in [0.2, 0.25) is 0 Å². The first-order valence-corrected chi connectivity index (χ1v) is 8.53. The van der Waals surface area contributed by atoms with E-state index in [1.807, 2.05) is 0 Å². The van der Waals surface area contributed by atoms with Crippen molar-refractivity contribution in [2.24, 2.45) is 5.92 Å². The van der Waals surface area contributed by atoms with Crippen molar-refractivity contribution in [3.8, 4) is 0 Å². The van der Waals surface area contributed by atoms with Gasteiger partial charge in [-0.2, -0.15) is 0 Å². The van der Waals surface area contributed by atoms with Gasteiger partial charge in [0.15, 0.2) is 0 Å². The third-order valence-corrected chi connectivity index (χ3v) is 4.24. The van der Waals surface area contributed by atoms with Gasteiger partial charge in [-0.1, -0.05) is 12.1 Å². The predicted molar refractivity (Wildman–Crippen MR) is 91.6 cm³/mol. The molecule has 1 fully saturated rings. The van der Waals surface area contributed by atoms with Crippen LogP contribution in [0.15, 0.2) is 24.3 Å². The zero-order valence-corrected chi connectivity index (χ0v) is 15.3. The fourth-order valence-electron chi connectivity index (χ4n) is 3.18. The highest BCUT2D eigenvalue weighted by Crippen LogP contribution is 2.29. The van der Waals surface area contributed by atoms with Gasteiger partial charge < -0.3 is 9.47 Å². The van der Waals surface area contributed by atoms with Crippen molar-refractivity contribution in [1.29, 1.82) is 0 Å². The summed E-state index contributed by atoms with van der Waals surface area (Å²) in [5, 5.41) is 0. The Kier molecular flexibility index (Phi) is 6.03. The summed E-state index contributed by atoms with van der Waals surface area (Å²) in [4.78, 5) is 26.4. The van der Waals surface area contributed by atoms with E-state index in [0.717, 1.165) is 18.4 Å². The fourth-order valence-corrected chi connectivity index (χ4v) is 3.18. The third-order valence-electron chi connectivity index (χ3n) is 4.24. The lowest BCUT2D eigenvalue weighted by atomic mass is 9.84. The molecule has 138 valence electrons. The quantitative estimate of drug-likeness (QED) is 0.782. The molecule has 1 aliphatic heterocycles. The standard InChI is InChI=1S/C19H26FNO4/c1-19(2,3)25-18(23)21-11-5-6-14(16(21)17(22)24-4)12-13-7-9-15(20)10-8-13/h7-10,14,16H,5-6,11-12H2,1-4H3/t14-,16+/m0/s1. The van der Waals surface area contributed by atoms with Gasteiger partial charge in [0, 0.05) is 6.54 Å². The number of rotatable bonds is 3. The van der Waals surface area contributed by atoms with Gasteiger partial charge in [-0.25, -0.2) is 14.0 Å². The maximum atomic E-state index is 13.1. The Labute approximate surface area is 148 Å². The van der Waals surface area contributed by atoms with Gasteiger partial charge in [-0.15, -0.1) is 0 Å². The molecule has 0 bridgehead atoms. The highest BCUT2D eigenvalue weighted by molar-refractivity contribution is 5.82. The van der Waals surface area contributed by atoms with E-state index >= 15 is 0 Å². The Morgan fingerprint density at radius 2 is 1.88 bits per heavy atom. The van der Waals surface area contributed by atoms with Crippen LogP contribution in [0.25, 0.3) is 0 Å². The van der Waals surface area contributed by atoms with Gasteiger partial charge in [0.25, 0.3) is 0 Å². The minimum Gasteiger partial charge on any atom is -0.467 e. The van der Waals surface area contributed by atoms with Crippen LogP contribution in [0.5, 0.6) is 0 Å². The number of carbonyl (C=O) groups excluding carboxylic acids is 2. The highest BCUT2D eigenvalue weighted by atomic mass is 19.1. The maximum Gasteiger partial charge on any atom is 0.411 e. The molecular formula is C19H26FNO4. The summed E-state index contributed by atoms with van der Waals surface area (Å²) >= 11 is 0. The van der Waals surface area contributed by atoms with Crippen molar-refractivity contribution in [3.63, 3.8) is 0 Å². The number of likely N-dealkylation sites (tertiary alicyclic amines) is 1. The molecular weight excluding hydrogens is 325 g/mol. The zero-order valence-electron chi connectivity index (χ0n) is 15.3. The van der Waals surface area contributed by atoms with Crippen LogP contribution in [0.1, 0.15) is 39.2 Å². The average Bonchev–Trinajstić information content (AvgIpc) is 2.54. The van der Waals surface area contributed by atoms with Gasteiger partial charge >= 0.3 is 12.1 Å². The van der Waals surface area contributed by atoms with Crippen LogP contribution in [0.4, 0.5) is 9.18 Å². The number of amides is 1. The second kappa shape index (κ2) is 7.85. The fraction of sp³-hybridized carbons (Fsp3) is 0.579. The number of ether oxygens (including phenoxy) is 2. The number of hydrogen-bond acceptors (Lipinski definition) is 4. The number of hydrogen-bond donors (Lipinski definition) is 0. The third kappa shape index (κ3) is 5.18. The van der Waals surface area contributed by atoms with Crippen molar-refractivity contribution >= 4 is 12.1 Å². The Balaban J connectivity index is 2.21. The molecule has 1 saturated heterocycles. The molecule has 2 rings (SSSR count). The van der Waals surface area contributed by atoms with Gasteiger partial charge in [-0.3, -0.25) is 4.90 Å². The number of piperidine rings is 1. The van der Waals surface area contributed by atoms with Crippen LogP contribution in [-0.4, -0.2) is 42.3 Å². The summed E-state index contributed by atoms with van der Waals surface area (Å²) in [5.41, 5.74) is 0.285. The van der Waals surface area contributed by atoms with Gasteiger partial charge in [-0.05, 0) is 63.6 Å². The Morgan fingerprint density at radius 3 is 2.44 bits per heavy atom. The topological polar surface area (TPSA) is 55.8 Å². The van der Waals surface area contributed by atoms with Gasteiger partial charge in [0.05, 0.1) is 7.11 Å². The molecule has 0 aromatic heterocycles. The smallest absolute Gasteiger partial charge is 0.411 e. The van der Waals surface area contributed by atoms with Crippen molar-refractivity contribution < 1.29 is 23.5 Å². The lowest BCUT2D eigenvalue weighted by molar-refractivity contribution is -0.150. The van der Waals surface area contributed by atoms with E-state index < -0.39 is 23.7 Å². The van der Waals surface area contributed by atoms with Crippen molar-refractivity contribution in [3.05, 3.63) is 35.6 Å². The lowest BCUT2D eigenvalue weighted by Crippen LogP contribution is -2.54. The van der Waals surface area contributed by atoms with Crippen molar-refractivity contribution in [2.75, 3.05) is 13.7 Å². The summed E-state index contributed by atoms with van der Waals surface area (Å²) in [6.45, 7) is 5.82. The number of halogens is 1. The molecule has 1 amide bonds. The predicted octanol–water partition coefficient (Wildman–Crippen LogP) is 3.56. The molecule has 5 nitrogen and oxygen atoms in total. The normalized spacial score (nSPS) is 20.9. The summed E-state index contributed by atoms with van der Waals surface area (Å²) in [6, 6.07) is 5.51. The van der Waals surface area contributed by atoms with Crippen LogP contribution in [0.2, 0.25) is 0 Å². The molecule has 1 aliphatic rings. The highest BCUT2D eigenvalue weighted by Gasteiger charge is 2.41. The summed E-state index contributed by atoms with van der Waals surface area (Å²) in [6.07, 6.45) is 1.63. The van der Waals surface area contributed by atoms with Crippen LogP contribution in [-0.2, 0) is 20.7 Å². The van der Waals surface area contributed by atoms with Crippen LogP contribution in [0, 0.1) is 11.7 Å². The SMILES string of the molecule is COC(=O)[C@H]1[C@H](Cc2ccc(F)cc2)CCCN1C(=O)OC(C)(C)C. The largest absolute Gasteiger partial charge is 0.467 e. The molecule has 0 radical (unpaired) electrons. The summed E-state index contributed by atoms with van der Waals surface area (Å²) in [5.74, 6) is -0.843. The number of nitrogens with zero attached hydrogens (tertiary/aromatic N) is 1. The molecule has 1 heterocycles. The first-order chi connectivity index (χ1) is 11.7. The minimum atomic E-state index is -0.696. The number of carbonyl (C=O) groups is 2. The molecule has 0 aliphatic carbocycles. The Bertz CT molecular complexity index is 609. The molecule has 6 heteroatoms. The Hall–Kier alpha value is -2.11. The minimum absolute atomic E-state index is 0.0980. The van der Waals surface area contributed by atoms with E-state index in [0.29, 0.717) is 13.0 Å². The second-order valence-electron chi connectivity index (χ2n) is 7.37. The van der Waals surface area contributed by atoms with E-state index in [1.165, 1.54) is 24.1 Å². The molecule has 0 spiro atoms. The molecule has 2 atom stereocenters. The molecule has 25 heavy (non-hydrogen) atoms. The second-order valence-corrected chi connectivity index (χ2v) is 7.37. The van der Waals surface area contributed by atoms with Crippen molar-refractivity contribution in [1.82, 2.24) is 4.90 Å². The molecule has 0 unspecified atom stereocenters. The molecule has 1 aromatic carbocycles. The van der Waals surface area contributed by atoms with Crippen LogP contribution >= 0.6 is 0 Å². The molecule has 1 aromatic rings. The Morgan fingerprint density at radius 1 is 1.24 bits per heavy atom. The average molecular weight is 351 g/mol. The first-order valence-electron chi connectivity index (χ1n) is 8.53. The van der Waals surface area contributed by atoms with E-state index in [4.69, 9.17) is 9.47 Å². The number of esters is 1. The van der Waals surface area contributed by atoms with E-state index in [9.17, 15) is 14.0 Å². The molecule has 0 saturated carbocycles. The van der Waals surface area contributed by atoms with E-state index in [2.05, 4.69) is 0 Å². The number of methoxy groups -OCH3 is 1. The maximum absolute atomic E-state index is 13.1. The zero-order chi connectivity index (χ0) is 18.6. The monoisotopic (exact) mass is 351 g/mol. The summed E-state index contributed by atoms with van der Waals surface area (Å²) < 4.78 is 23.5. The van der Waals surface area contributed by atoms with Gasteiger partial charge in [0.1, 0.15) is 17.5 Å². The van der Waals surface area contributed by atoms with E-state index in [-0.39, 0.29) is 11.7 Å². The summed E-state index contributed by atoms with van der Waals surface area (Å²) in [7, 11) is 1.32. The van der Waals surface area contributed by atoms with E-state index in [1.54, 1.807) is 32.9 Å². The number of benzene rings is 1. The van der Waals surface area contributed by atoms with Crippen LogP contribution in [0.3, 0.4) is 0 Å². The lowest BCUT2D eigenvalue weighted by Gasteiger charge is -2.40. The van der Waals surface area contributed by atoms with Crippen LogP contribution < -0.4 is 0 Å². The van der Waals surface area contributed by atoms with Crippen molar-refractivity contribution in [2.45, 2.75) is 51.7 Å². The first kappa shape index (κ1) is 19.2.